The minimum atomic E-state index is -0.222. The number of unbranched alkanes of at least 4 members (excludes halogenated alkanes) is 3. The second-order valence-corrected chi connectivity index (χ2v) is 5.74. The van der Waals surface area contributed by atoms with Crippen molar-refractivity contribution in [3.05, 3.63) is 0 Å². The van der Waals surface area contributed by atoms with Crippen molar-refractivity contribution in [1.29, 1.82) is 0 Å². The lowest BCUT2D eigenvalue weighted by Crippen LogP contribution is -2.53. The van der Waals surface area contributed by atoms with Crippen LogP contribution in [0.15, 0.2) is 0 Å². The van der Waals surface area contributed by atoms with E-state index in [4.69, 9.17) is 0 Å². The third-order valence-corrected chi connectivity index (χ3v) is 3.42. The summed E-state index contributed by atoms with van der Waals surface area (Å²) < 4.78 is 0. The molecule has 104 valence electrons. The van der Waals surface area contributed by atoms with Gasteiger partial charge in [0.05, 0.1) is 5.92 Å². The number of rotatable bonds is 7. The number of urea groups is 1. The van der Waals surface area contributed by atoms with Crippen LogP contribution in [0.4, 0.5) is 4.79 Å². The zero-order valence-electron chi connectivity index (χ0n) is 11.9. The van der Waals surface area contributed by atoms with E-state index < -0.39 is 0 Å². The zero-order chi connectivity index (χ0) is 13.5. The molecule has 0 saturated carbocycles. The van der Waals surface area contributed by atoms with E-state index in [0.29, 0.717) is 6.54 Å². The van der Waals surface area contributed by atoms with Gasteiger partial charge in [0.25, 0.3) is 0 Å². The van der Waals surface area contributed by atoms with Crippen LogP contribution in [-0.2, 0) is 4.79 Å². The molecule has 18 heavy (non-hydrogen) atoms. The topological polar surface area (TPSA) is 49.4 Å². The van der Waals surface area contributed by atoms with E-state index in [1.807, 2.05) is 6.92 Å². The lowest BCUT2D eigenvalue weighted by Gasteiger charge is -2.30. The van der Waals surface area contributed by atoms with Crippen LogP contribution in [-0.4, -0.2) is 29.9 Å². The molecule has 0 aromatic heterocycles. The average molecular weight is 254 g/mol. The van der Waals surface area contributed by atoms with Crippen molar-refractivity contribution in [1.82, 2.24) is 10.2 Å². The van der Waals surface area contributed by atoms with Crippen molar-refractivity contribution in [2.24, 2.45) is 11.8 Å². The van der Waals surface area contributed by atoms with Crippen molar-refractivity contribution in [2.45, 2.75) is 52.9 Å². The molecule has 1 fully saturated rings. The maximum Gasteiger partial charge on any atom is 0.324 e. The normalized spacial score (nSPS) is 20.4. The zero-order valence-corrected chi connectivity index (χ0v) is 11.9. The summed E-state index contributed by atoms with van der Waals surface area (Å²) in [6.45, 7) is 7.69. The SMILES string of the molecule is CC(C)CCCCCCN1CC(C)C(=O)NC1=O. The van der Waals surface area contributed by atoms with Crippen LogP contribution in [0.2, 0.25) is 0 Å². The maximum absolute atomic E-state index is 11.6. The molecule has 1 atom stereocenters. The van der Waals surface area contributed by atoms with E-state index in [-0.39, 0.29) is 17.9 Å². The minimum Gasteiger partial charge on any atom is -0.324 e. The monoisotopic (exact) mass is 254 g/mol. The Kier molecular flexibility index (Phi) is 6.16. The number of nitrogens with one attached hydrogen (secondary N) is 1. The molecular formula is C14H26N2O2. The van der Waals surface area contributed by atoms with Gasteiger partial charge in [-0.3, -0.25) is 10.1 Å². The maximum atomic E-state index is 11.6. The molecule has 0 aromatic carbocycles. The summed E-state index contributed by atoms with van der Waals surface area (Å²) in [6.07, 6.45) is 6.00. The van der Waals surface area contributed by atoms with Crippen LogP contribution >= 0.6 is 0 Å². The van der Waals surface area contributed by atoms with Gasteiger partial charge in [-0.1, -0.05) is 46.5 Å². The fourth-order valence-electron chi connectivity index (χ4n) is 2.21. The highest BCUT2D eigenvalue weighted by Gasteiger charge is 2.28. The van der Waals surface area contributed by atoms with E-state index in [0.717, 1.165) is 18.9 Å². The third-order valence-electron chi connectivity index (χ3n) is 3.42. The molecule has 1 N–H and O–H groups in total. The van der Waals surface area contributed by atoms with E-state index >= 15 is 0 Å². The smallest absolute Gasteiger partial charge is 0.324 e. The molecule has 1 saturated heterocycles. The first-order valence-electron chi connectivity index (χ1n) is 7.10. The van der Waals surface area contributed by atoms with Gasteiger partial charge in [0.1, 0.15) is 0 Å². The van der Waals surface area contributed by atoms with Gasteiger partial charge >= 0.3 is 6.03 Å². The van der Waals surface area contributed by atoms with Gasteiger partial charge in [-0.2, -0.15) is 0 Å². The Hall–Kier alpha value is -1.06. The Morgan fingerprint density at radius 1 is 1.22 bits per heavy atom. The summed E-state index contributed by atoms with van der Waals surface area (Å²) in [7, 11) is 0. The van der Waals surface area contributed by atoms with Gasteiger partial charge in [0, 0.05) is 13.1 Å². The number of hydrogen-bond acceptors (Lipinski definition) is 2. The highest BCUT2D eigenvalue weighted by Crippen LogP contribution is 2.12. The standard InChI is InChI=1S/C14H26N2O2/c1-11(2)8-6-4-5-7-9-16-10-12(3)13(17)15-14(16)18/h11-12H,4-10H2,1-3H3,(H,15,17,18). The number of carbonyl (C=O) groups excluding carboxylic acids is 2. The highest BCUT2D eigenvalue weighted by atomic mass is 16.2. The van der Waals surface area contributed by atoms with Crippen LogP contribution in [0.1, 0.15) is 52.9 Å². The molecule has 0 radical (unpaired) electrons. The second kappa shape index (κ2) is 7.39. The van der Waals surface area contributed by atoms with Gasteiger partial charge in [0.15, 0.2) is 0 Å². The summed E-state index contributed by atoms with van der Waals surface area (Å²) in [6, 6.07) is -0.222. The summed E-state index contributed by atoms with van der Waals surface area (Å²) in [5.41, 5.74) is 0. The Labute approximate surface area is 110 Å². The molecule has 4 heteroatoms. The van der Waals surface area contributed by atoms with Gasteiger partial charge in [-0.05, 0) is 12.3 Å². The number of carbonyl (C=O) groups is 2. The van der Waals surface area contributed by atoms with Gasteiger partial charge in [0.2, 0.25) is 5.91 Å². The summed E-state index contributed by atoms with van der Waals surface area (Å²) in [5.74, 6) is 0.557. The lowest BCUT2D eigenvalue weighted by molar-refractivity contribution is -0.125. The third kappa shape index (κ3) is 5.07. The van der Waals surface area contributed by atoms with Crippen LogP contribution < -0.4 is 5.32 Å². The van der Waals surface area contributed by atoms with Crippen LogP contribution in [0.5, 0.6) is 0 Å². The number of nitrogens with zero attached hydrogens (tertiary/aromatic N) is 1. The van der Waals surface area contributed by atoms with Gasteiger partial charge in [-0.15, -0.1) is 0 Å². The molecular weight excluding hydrogens is 228 g/mol. The van der Waals surface area contributed by atoms with E-state index in [2.05, 4.69) is 19.2 Å². The van der Waals surface area contributed by atoms with Crippen molar-refractivity contribution >= 4 is 11.9 Å². The predicted molar refractivity (Wildman–Crippen MR) is 72.2 cm³/mol. The molecule has 0 bridgehead atoms. The molecule has 0 spiro atoms. The summed E-state index contributed by atoms with van der Waals surface area (Å²) >= 11 is 0. The largest absolute Gasteiger partial charge is 0.324 e. The molecule has 0 aromatic rings. The first-order chi connectivity index (χ1) is 8.50. The van der Waals surface area contributed by atoms with Crippen molar-refractivity contribution in [3.63, 3.8) is 0 Å². The van der Waals surface area contributed by atoms with E-state index in [1.54, 1.807) is 4.90 Å². The Morgan fingerprint density at radius 2 is 1.89 bits per heavy atom. The number of amides is 3. The summed E-state index contributed by atoms with van der Waals surface area (Å²) in [4.78, 5) is 24.6. The molecule has 3 amide bonds. The summed E-state index contributed by atoms with van der Waals surface area (Å²) in [5, 5.41) is 2.39. The van der Waals surface area contributed by atoms with Crippen LogP contribution in [0.25, 0.3) is 0 Å². The van der Waals surface area contributed by atoms with E-state index in [9.17, 15) is 9.59 Å². The van der Waals surface area contributed by atoms with Gasteiger partial charge in [-0.25, -0.2) is 4.79 Å². The molecule has 1 aliphatic rings. The number of hydrogen-bond donors (Lipinski definition) is 1. The molecule has 1 heterocycles. The first kappa shape index (κ1) is 15.0. The fourth-order valence-corrected chi connectivity index (χ4v) is 2.21. The average Bonchev–Trinajstić information content (AvgIpc) is 2.29. The molecule has 1 aliphatic heterocycles. The molecule has 4 nitrogen and oxygen atoms in total. The Balaban J connectivity index is 2.12. The first-order valence-corrected chi connectivity index (χ1v) is 7.10. The minimum absolute atomic E-state index is 0.0800. The quantitative estimate of drug-likeness (QED) is 0.710. The van der Waals surface area contributed by atoms with Crippen molar-refractivity contribution in [3.8, 4) is 0 Å². The van der Waals surface area contributed by atoms with Crippen molar-refractivity contribution < 1.29 is 9.59 Å². The number of imide groups is 1. The van der Waals surface area contributed by atoms with Crippen LogP contribution in [0, 0.1) is 11.8 Å². The molecule has 0 aliphatic carbocycles. The predicted octanol–water partition coefficient (Wildman–Crippen LogP) is 2.78. The Bertz CT molecular complexity index is 290. The highest BCUT2D eigenvalue weighted by molar-refractivity contribution is 5.97. The lowest BCUT2D eigenvalue weighted by atomic mass is 10.0. The Morgan fingerprint density at radius 3 is 2.56 bits per heavy atom. The van der Waals surface area contributed by atoms with Crippen molar-refractivity contribution in [2.75, 3.05) is 13.1 Å². The second-order valence-electron chi connectivity index (χ2n) is 5.74. The van der Waals surface area contributed by atoms with Crippen LogP contribution in [0.3, 0.4) is 0 Å². The fraction of sp³-hybridized carbons (Fsp3) is 0.857. The van der Waals surface area contributed by atoms with E-state index in [1.165, 1.54) is 25.7 Å². The molecule has 1 unspecified atom stereocenters. The van der Waals surface area contributed by atoms with Gasteiger partial charge < -0.3 is 4.90 Å². The molecule has 1 rings (SSSR count).